The molecule has 0 aliphatic carbocycles. The topological polar surface area (TPSA) is 114 Å². The summed E-state index contributed by atoms with van der Waals surface area (Å²) in [6.07, 6.45) is 1.41. The number of ether oxygens (including phenoxy) is 2. The van der Waals surface area contributed by atoms with Crippen molar-refractivity contribution in [3.8, 4) is 34.7 Å². The van der Waals surface area contributed by atoms with Crippen molar-refractivity contribution in [3.63, 3.8) is 0 Å². The van der Waals surface area contributed by atoms with Gasteiger partial charge in [0.15, 0.2) is 0 Å². The van der Waals surface area contributed by atoms with E-state index in [0.717, 1.165) is 38.0 Å². The molecule has 1 aliphatic rings. The van der Waals surface area contributed by atoms with Crippen LogP contribution in [0.3, 0.4) is 0 Å². The monoisotopic (exact) mass is 517 g/mol. The van der Waals surface area contributed by atoms with E-state index in [1.165, 1.54) is 11.1 Å². The van der Waals surface area contributed by atoms with Crippen molar-refractivity contribution in [1.82, 2.24) is 20.4 Å². The van der Waals surface area contributed by atoms with Crippen LogP contribution >= 0.6 is 0 Å². The molecule has 2 aromatic carbocycles. The number of nitrogens with zero attached hydrogens (tertiary/aromatic N) is 4. The Bertz CT molecular complexity index is 1320. The first-order chi connectivity index (χ1) is 18.1. The highest BCUT2D eigenvalue weighted by Gasteiger charge is 2.19. The van der Waals surface area contributed by atoms with E-state index in [4.69, 9.17) is 14.0 Å². The molecule has 0 saturated carbocycles. The Morgan fingerprint density at radius 1 is 1.13 bits per heavy atom. The van der Waals surface area contributed by atoms with Crippen LogP contribution in [0.4, 0.5) is 4.79 Å². The van der Waals surface area contributed by atoms with E-state index < -0.39 is 5.60 Å². The lowest BCUT2D eigenvalue weighted by Gasteiger charge is -2.22. The van der Waals surface area contributed by atoms with Crippen LogP contribution in [-0.2, 0) is 17.6 Å². The Morgan fingerprint density at radius 2 is 1.87 bits per heavy atom. The summed E-state index contributed by atoms with van der Waals surface area (Å²) in [6, 6.07) is 13.7. The Hall–Kier alpha value is -3.90. The van der Waals surface area contributed by atoms with Crippen LogP contribution in [0.1, 0.15) is 51.3 Å². The first-order valence-corrected chi connectivity index (χ1v) is 13.0. The summed E-state index contributed by atoms with van der Waals surface area (Å²) in [5.41, 5.74) is 4.04. The molecule has 3 aromatic rings. The lowest BCUT2D eigenvalue weighted by Crippen LogP contribution is -2.38. The van der Waals surface area contributed by atoms with Crippen LogP contribution in [0.15, 0.2) is 40.9 Å². The largest absolute Gasteiger partial charge is 0.490 e. The van der Waals surface area contributed by atoms with Gasteiger partial charge in [0.2, 0.25) is 5.82 Å². The Balaban J connectivity index is 1.39. The maximum atomic E-state index is 11.9. The molecule has 38 heavy (non-hydrogen) atoms. The SMILES string of the molecule is CC(C)Oc1ccc(-c2nc(-c3ccc4c(c3)CCN(CCNC(=O)OC(C)(C)C)CC4)no2)cc1C#N. The van der Waals surface area contributed by atoms with Crippen LogP contribution in [0.2, 0.25) is 0 Å². The summed E-state index contributed by atoms with van der Waals surface area (Å²) >= 11 is 0. The summed E-state index contributed by atoms with van der Waals surface area (Å²) in [5.74, 6) is 1.39. The molecule has 2 heterocycles. The number of fused-ring (bicyclic) bond motifs is 1. The van der Waals surface area contributed by atoms with Crippen molar-refractivity contribution in [3.05, 3.63) is 53.1 Å². The second kappa shape index (κ2) is 11.7. The second-order valence-corrected chi connectivity index (χ2v) is 10.7. The number of alkyl carbamates (subject to hydrolysis) is 1. The number of nitriles is 1. The molecule has 1 N–H and O–H groups in total. The molecule has 0 unspecified atom stereocenters. The quantitative estimate of drug-likeness (QED) is 0.466. The highest BCUT2D eigenvalue weighted by atomic mass is 16.6. The maximum Gasteiger partial charge on any atom is 0.407 e. The van der Waals surface area contributed by atoms with Crippen LogP contribution in [0, 0.1) is 11.3 Å². The zero-order chi connectivity index (χ0) is 27.3. The number of aromatic nitrogens is 2. The molecule has 1 amide bonds. The molecular weight excluding hydrogens is 482 g/mol. The minimum atomic E-state index is -0.502. The standard InChI is InChI=1S/C29H35N5O4/c1-19(2)36-25-9-8-23(17-24(25)18-30)27-32-26(33-38-27)22-7-6-20-10-13-34(14-11-21(20)16-22)15-12-31-28(35)37-29(3,4)5/h6-9,16-17,19H,10-15H2,1-5H3,(H,31,35). The van der Waals surface area contributed by atoms with Gasteiger partial charge in [0.25, 0.3) is 5.89 Å². The molecule has 0 radical (unpaired) electrons. The summed E-state index contributed by atoms with van der Waals surface area (Å²) in [7, 11) is 0. The average molecular weight is 518 g/mol. The molecule has 0 fully saturated rings. The third-order valence-electron chi connectivity index (χ3n) is 6.09. The molecule has 0 atom stereocenters. The number of benzene rings is 2. The van der Waals surface area contributed by atoms with E-state index in [1.807, 2.05) is 46.8 Å². The molecule has 1 aromatic heterocycles. The normalized spacial score (nSPS) is 13.9. The van der Waals surface area contributed by atoms with Crippen LogP contribution in [0.25, 0.3) is 22.8 Å². The number of nitrogens with one attached hydrogen (secondary N) is 1. The van der Waals surface area contributed by atoms with E-state index >= 15 is 0 Å². The zero-order valence-electron chi connectivity index (χ0n) is 22.7. The van der Waals surface area contributed by atoms with Crippen molar-refractivity contribution in [2.45, 2.75) is 59.2 Å². The number of hydrogen-bond donors (Lipinski definition) is 1. The molecule has 0 spiro atoms. The van der Waals surface area contributed by atoms with Crippen LogP contribution in [-0.4, -0.2) is 59.0 Å². The van der Waals surface area contributed by atoms with Crippen molar-refractivity contribution in [1.29, 1.82) is 5.26 Å². The molecule has 0 saturated heterocycles. The Labute approximate surface area is 223 Å². The smallest absolute Gasteiger partial charge is 0.407 e. The minimum Gasteiger partial charge on any atom is -0.490 e. The molecule has 9 nitrogen and oxygen atoms in total. The Kier molecular flexibility index (Phi) is 8.32. The van der Waals surface area contributed by atoms with E-state index in [9.17, 15) is 10.1 Å². The van der Waals surface area contributed by atoms with Gasteiger partial charge >= 0.3 is 6.09 Å². The van der Waals surface area contributed by atoms with Crippen LogP contribution < -0.4 is 10.1 Å². The van der Waals surface area contributed by atoms with E-state index in [-0.39, 0.29) is 12.2 Å². The maximum absolute atomic E-state index is 11.9. The lowest BCUT2D eigenvalue weighted by atomic mass is 10.00. The predicted octanol–water partition coefficient (Wildman–Crippen LogP) is 4.99. The average Bonchev–Trinajstić information content (AvgIpc) is 3.26. The summed E-state index contributed by atoms with van der Waals surface area (Å²) in [5, 5.41) is 16.6. The zero-order valence-corrected chi connectivity index (χ0v) is 22.7. The molecular formula is C29H35N5O4. The van der Waals surface area contributed by atoms with Gasteiger partial charge in [-0.05, 0) is 82.9 Å². The van der Waals surface area contributed by atoms with E-state index in [1.54, 1.807) is 12.1 Å². The number of amides is 1. The highest BCUT2D eigenvalue weighted by molar-refractivity contribution is 5.67. The van der Waals surface area contributed by atoms with Gasteiger partial charge in [-0.1, -0.05) is 17.3 Å². The number of carbonyl (C=O) groups excluding carboxylic acids is 1. The first kappa shape index (κ1) is 27.1. The van der Waals surface area contributed by atoms with Crippen molar-refractivity contribution < 1.29 is 18.8 Å². The van der Waals surface area contributed by atoms with Gasteiger partial charge in [-0.15, -0.1) is 0 Å². The third-order valence-corrected chi connectivity index (χ3v) is 6.09. The fourth-order valence-electron chi connectivity index (χ4n) is 4.33. The molecule has 0 bridgehead atoms. The summed E-state index contributed by atoms with van der Waals surface area (Å²) in [4.78, 5) is 18.9. The van der Waals surface area contributed by atoms with Gasteiger partial charge in [-0.25, -0.2) is 4.79 Å². The summed E-state index contributed by atoms with van der Waals surface area (Å²) < 4.78 is 16.6. The Morgan fingerprint density at radius 3 is 2.58 bits per heavy atom. The van der Waals surface area contributed by atoms with Gasteiger partial charge in [-0.2, -0.15) is 10.2 Å². The van der Waals surface area contributed by atoms with E-state index in [2.05, 4.69) is 38.6 Å². The fraction of sp³-hybridized carbons (Fsp3) is 0.448. The van der Waals surface area contributed by atoms with Crippen molar-refractivity contribution in [2.75, 3.05) is 26.2 Å². The predicted molar refractivity (Wildman–Crippen MR) is 144 cm³/mol. The molecule has 1 aliphatic heterocycles. The number of hydrogen-bond acceptors (Lipinski definition) is 8. The molecule has 4 rings (SSSR count). The van der Waals surface area contributed by atoms with Gasteiger partial charge in [-0.3, -0.25) is 0 Å². The summed E-state index contributed by atoms with van der Waals surface area (Å²) in [6.45, 7) is 12.5. The van der Waals surface area contributed by atoms with Gasteiger partial charge < -0.3 is 24.2 Å². The van der Waals surface area contributed by atoms with Gasteiger partial charge in [0, 0.05) is 37.3 Å². The van der Waals surface area contributed by atoms with Gasteiger partial charge in [0.1, 0.15) is 17.4 Å². The van der Waals surface area contributed by atoms with E-state index in [0.29, 0.717) is 35.1 Å². The lowest BCUT2D eigenvalue weighted by molar-refractivity contribution is 0.0522. The minimum absolute atomic E-state index is 0.0304. The first-order valence-electron chi connectivity index (χ1n) is 13.0. The molecule has 9 heteroatoms. The highest BCUT2D eigenvalue weighted by Crippen LogP contribution is 2.29. The second-order valence-electron chi connectivity index (χ2n) is 10.7. The van der Waals surface area contributed by atoms with Crippen molar-refractivity contribution >= 4 is 6.09 Å². The number of carbonyl (C=O) groups is 1. The third kappa shape index (κ3) is 7.11. The molecule has 200 valence electrons. The van der Waals surface area contributed by atoms with Gasteiger partial charge in [0.05, 0.1) is 11.7 Å². The number of rotatable bonds is 7. The van der Waals surface area contributed by atoms with Crippen molar-refractivity contribution in [2.24, 2.45) is 0 Å². The van der Waals surface area contributed by atoms with Crippen LogP contribution in [0.5, 0.6) is 5.75 Å². The fourth-order valence-corrected chi connectivity index (χ4v) is 4.33.